The third kappa shape index (κ3) is 5.05. The van der Waals surface area contributed by atoms with Crippen LogP contribution in [0.4, 0.5) is 21.6 Å². The fourth-order valence-corrected chi connectivity index (χ4v) is 6.12. The largest absolute Gasteiger partial charge is 0.494 e. The summed E-state index contributed by atoms with van der Waals surface area (Å²) in [4.78, 5) is 55.9. The number of fused-ring (bicyclic) bond motifs is 2. The Kier molecular flexibility index (Phi) is 6.77. The number of thiazole rings is 2. The van der Waals surface area contributed by atoms with Crippen molar-refractivity contribution in [2.24, 2.45) is 0 Å². The number of benzene rings is 2. The molecule has 14 nitrogen and oxygen atoms in total. The summed E-state index contributed by atoms with van der Waals surface area (Å²) in [7, 11) is 2.73. The van der Waals surface area contributed by atoms with Gasteiger partial charge in [0.1, 0.15) is 11.0 Å². The Labute approximate surface area is 229 Å². The standard InChI is InChI=1S/C22H14N6O8S3/c1-35-11-5-9(27(31)32)7-15-17(11)23-21(38-15)25-19(29)13-3-4-14(37-13)20(30)26-22-24-18-12(36-2)6-10(28(33)34)8-16(18)39-22/h3-8H,1-2H3,(H,23,25,29)(H,24,26,30). The van der Waals surface area contributed by atoms with Crippen LogP contribution in [0.25, 0.3) is 20.4 Å². The molecule has 0 radical (unpaired) electrons. The van der Waals surface area contributed by atoms with Gasteiger partial charge in [0.15, 0.2) is 21.8 Å². The third-order valence-electron chi connectivity index (χ3n) is 5.25. The minimum atomic E-state index is -0.549. The normalized spacial score (nSPS) is 10.9. The number of nitrogens with zero attached hydrogens (tertiary/aromatic N) is 4. The van der Waals surface area contributed by atoms with Crippen molar-refractivity contribution < 1.29 is 28.9 Å². The number of carbonyl (C=O) groups excluding carboxylic acids is 2. The zero-order valence-electron chi connectivity index (χ0n) is 19.7. The summed E-state index contributed by atoms with van der Waals surface area (Å²) >= 11 is 3.02. The number of ether oxygens (including phenoxy) is 2. The first kappa shape index (κ1) is 25.9. The number of thiophene rings is 1. The van der Waals surface area contributed by atoms with Crippen LogP contribution in [0.2, 0.25) is 0 Å². The zero-order chi connectivity index (χ0) is 27.8. The van der Waals surface area contributed by atoms with E-state index < -0.39 is 21.7 Å². The predicted octanol–water partition coefficient (Wildman–Crippen LogP) is 5.31. The van der Waals surface area contributed by atoms with Gasteiger partial charge in [-0.05, 0) is 12.1 Å². The van der Waals surface area contributed by atoms with Gasteiger partial charge in [-0.15, -0.1) is 11.3 Å². The van der Waals surface area contributed by atoms with Gasteiger partial charge in [-0.3, -0.25) is 40.5 Å². The predicted molar refractivity (Wildman–Crippen MR) is 146 cm³/mol. The molecule has 2 amide bonds. The van der Waals surface area contributed by atoms with Crippen LogP contribution in [0.1, 0.15) is 19.3 Å². The lowest BCUT2D eigenvalue weighted by atomic mass is 10.3. The molecule has 2 N–H and O–H groups in total. The van der Waals surface area contributed by atoms with Crippen molar-refractivity contribution in [1.29, 1.82) is 0 Å². The molecule has 0 aliphatic heterocycles. The van der Waals surface area contributed by atoms with Crippen LogP contribution >= 0.6 is 34.0 Å². The van der Waals surface area contributed by atoms with Gasteiger partial charge in [-0.25, -0.2) is 9.97 Å². The number of carbonyl (C=O) groups is 2. The summed E-state index contributed by atoms with van der Waals surface area (Å²) in [6, 6.07) is 8.13. The van der Waals surface area contributed by atoms with Crippen LogP contribution in [-0.2, 0) is 0 Å². The van der Waals surface area contributed by atoms with E-state index in [9.17, 15) is 29.8 Å². The SMILES string of the molecule is COc1cc([N+](=O)[O-])cc2sc(NC(=O)c3ccc(C(=O)Nc4nc5c(OC)cc([N+](=O)[O-])cc5s4)s3)nc12. The molecule has 5 aromatic rings. The summed E-state index contributed by atoms with van der Waals surface area (Å²) in [5.41, 5.74) is 0.402. The first-order chi connectivity index (χ1) is 18.7. The number of amides is 2. The minimum absolute atomic E-state index is 0.167. The van der Waals surface area contributed by atoms with Crippen LogP contribution in [-0.4, -0.2) is 45.8 Å². The molecular formula is C22H14N6O8S3. The zero-order valence-corrected chi connectivity index (χ0v) is 22.2. The number of hydrogen-bond donors (Lipinski definition) is 2. The molecule has 2 aromatic carbocycles. The molecule has 198 valence electrons. The molecule has 5 rings (SSSR count). The third-order valence-corrected chi connectivity index (χ3v) is 8.16. The molecule has 39 heavy (non-hydrogen) atoms. The first-order valence-corrected chi connectivity index (χ1v) is 13.1. The van der Waals surface area contributed by atoms with Crippen molar-refractivity contribution >= 4 is 87.9 Å². The number of nitro groups is 2. The molecule has 3 heterocycles. The monoisotopic (exact) mass is 586 g/mol. The molecular weight excluding hydrogens is 572 g/mol. The molecule has 3 aromatic heterocycles. The average molecular weight is 587 g/mol. The van der Waals surface area contributed by atoms with Crippen LogP contribution < -0.4 is 20.1 Å². The van der Waals surface area contributed by atoms with Gasteiger partial charge in [0.25, 0.3) is 23.2 Å². The lowest BCUT2D eigenvalue weighted by Gasteiger charge is -2.00. The van der Waals surface area contributed by atoms with Crippen LogP contribution in [0, 0.1) is 20.2 Å². The summed E-state index contributed by atoms with van der Waals surface area (Å²) in [6.45, 7) is 0. The second-order valence-corrected chi connectivity index (χ2v) is 10.8. The molecule has 0 saturated carbocycles. The quantitative estimate of drug-likeness (QED) is 0.178. The van der Waals surface area contributed by atoms with Gasteiger partial charge >= 0.3 is 0 Å². The Morgan fingerprint density at radius 3 is 1.51 bits per heavy atom. The Morgan fingerprint density at radius 1 is 0.744 bits per heavy atom. The molecule has 0 unspecified atom stereocenters. The van der Waals surface area contributed by atoms with E-state index >= 15 is 0 Å². The highest BCUT2D eigenvalue weighted by atomic mass is 32.1. The van der Waals surface area contributed by atoms with E-state index in [0.29, 0.717) is 20.4 Å². The Bertz CT molecular complexity index is 1680. The fourth-order valence-electron chi connectivity index (χ4n) is 3.50. The molecule has 0 spiro atoms. The maximum atomic E-state index is 12.8. The van der Waals surface area contributed by atoms with Crippen molar-refractivity contribution in [3.63, 3.8) is 0 Å². The topological polar surface area (TPSA) is 189 Å². The molecule has 0 saturated heterocycles. The van der Waals surface area contributed by atoms with Crippen LogP contribution in [0.3, 0.4) is 0 Å². The number of nitrogens with one attached hydrogen (secondary N) is 2. The summed E-state index contributed by atoms with van der Waals surface area (Å²) < 4.78 is 11.3. The molecule has 17 heteroatoms. The Balaban J connectivity index is 1.32. The van der Waals surface area contributed by atoms with E-state index in [1.54, 1.807) is 0 Å². The molecule has 0 aliphatic rings. The van der Waals surface area contributed by atoms with Gasteiger partial charge in [-0.1, -0.05) is 22.7 Å². The second kappa shape index (κ2) is 10.2. The highest BCUT2D eigenvalue weighted by Crippen LogP contribution is 2.38. The highest BCUT2D eigenvalue weighted by Gasteiger charge is 2.21. The first-order valence-electron chi connectivity index (χ1n) is 10.6. The van der Waals surface area contributed by atoms with Gasteiger partial charge in [0.05, 0.1) is 55.4 Å². The van der Waals surface area contributed by atoms with Crippen molar-refractivity contribution in [3.05, 3.63) is 66.4 Å². The maximum absolute atomic E-state index is 12.8. The highest BCUT2D eigenvalue weighted by molar-refractivity contribution is 7.23. The smallest absolute Gasteiger partial charge is 0.274 e. The number of nitro benzene ring substituents is 2. The number of rotatable bonds is 8. The lowest BCUT2D eigenvalue weighted by Crippen LogP contribution is -2.11. The van der Waals surface area contributed by atoms with Gasteiger partial charge < -0.3 is 9.47 Å². The van der Waals surface area contributed by atoms with E-state index in [2.05, 4.69) is 20.6 Å². The number of methoxy groups -OCH3 is 2. The van der Waals surface area contributed by atoms with Gasteiger partial charge in [0, 0.05) is 12.1 Å². The van der Waals surface area contributed by atoms with Crippen LogP contribution in [0.15, 0.2) is 36.4 Å². The van der Waals surface area contributed by atoms with E-state index in [-0.39, 0.29) is 42.9 Å². The number of hydrogen-bond acceptors (Lipinski definition) is 13. The summed E-state index contributed by atoms with van der Waals surface area (Å²) in [5.74, 6) is -0.645. The molecule has 0 fully saturated rings. The lowest BCUT2D eigenvalue weighted by molar-refractivity contribution is -0.384. The average Bonchev–Trinajstić information content (AvgIpc) is 3.64. The Hall–Kier alpha value is -4.74. The van der Waals surface area contributed by atoms with E-state index in [1.165, 1.54) is 50.6 Å². The van der Waals surface area contributed by atoms with Crippen molar-refractivity contribution in [2.75, 3.05) is 24.9 Å². The summed E-state index contributed by atoms with van der Waals surface area (Å²) in [6.07, 6.45) is 0. The van der Waals surface area contributed by atoms with E-state index in [4.69, 9.17) is 9.47 Å². The van der Waals surface area contributed by atoms with Gasteiger partial charge in [0.2, 0.25) is 0 Å². The number of aromatic nitrogens is 2. The number of anilines is 2. The van der Waals surface area contributed by atoms with E-state index in [1.807, 2.05) is 0 Å². The maximum Gasteiger partial charge on any atom is 0.274 e. The second-order valence-electron chi connectivity index (χ2n) is 7.61. The molecule has 0 bridgehead atoms. The fraction of sp³-hybridized carbons (Fsp3) is 0.0909. The molecule has 0 atom stereocenters. The summed E-state index contributed by atoms with van der Waals surface area (Å²) in [5, 5.41) is 28.0. The minimum Gasteiger partial charge on any atom is -0.494 e. The van der Waals surface area contributed by atoms with Crippen molar-refractivity contribution in [1.82, 2.24) is 9.97 Å². The van der Waals surface area contributed by atoms with E-state index in [0.717, 1.165) is 34.0 Å². The van der Waals surface area contributed by atoms with Crippen molar-refractivity contribution in [3.8, 4) is 11.5 Å². The van der Waals surface area contributed by atoms with Gasteiger partial charge in [-0.2, -0.15) is 0 Å². The van der Waals surface area contributed by atoms with Crippen LogP contribution in [0.5, 0.6) is 11.5 Å². The number of non-ortho nitro benzene ring substituents is 2. The molecule has 0 aliphatic carbocycles. The Morgan fingerprint density at radius 2 is 1.15 bits per heavy atom. The van der Waals surface area contributed by atoms with Crippen molar-refractivity contribution in [2.45, 2.75) is 0 Å².